The van der Waals surface area contributed by atoms with Crippen LogP contribution in [-0.4, -0.2) is 42.9 Å². The van der Waals surface area contributed by atoms with E-state index in [4.69, 9.17) is 5.73 Å². The first-order chi connectivity index (χ1) is 12.7. The Balaban J connectivity index is 0.00000261. The summed E-state index contributed by atoms with van der Waals surface area (Å²) in [5.41, 5.74) is 7.18. The fraction of sp³-hybridized carbons (Fsp3) is 0.619. The highest BCUT2D eigenvalue weighted by atomic mass is 35.5. The van der Waals surface area contributed by atoms with E-state index in [-0.39, 0.29) is 42.6 Å². The number of halogens is 1. The Morgan fingerprint density at radius 2 is 1.78 bits per heavy atom. The number of hydrogen-bond acceptors (Lipinski definition) is 3. The van der Waals surface area contributed by atoms with Gasteiger partial charge in [-0.05, 0) is 36.8 Å². The molecule has 1 saturated heterocycles. The normalized spacial score (nSPS) is 22.9. The van der Waals surface area contributed by atoms with E-state index in [1.54, 1.807) is 0 Å². The molecule has 2 atom stereocenters. The predicted molar refractivity (Wildman–Crippen MR) is 110 cm³/mol. The maximum atomic E-state index is 12.6. The molecule has 1 saturated carbocycles. The van der Waals surface area contributed by atoms with Gasteiger partial charge in [-0.3, -0.25) is 9.59 Å². The number of carbonyl (C=O) groups excluding carboxylic acids is 2. The first-order valence-electron chi connectivity index (χ1n) is 9.97. The van der Waals surface area contributed by atoms with Gasteiger partial charge in [-0.15, -0.1) is 12.4 Å². The summed E-state index contributed by atoms with van der Waals surface area (Å²) in [6.45, 7) is 2.03. The molecule has 1 aromatic rings. The minimum atomic E-state index is -0.00104. The monoisotopic (exact) mass is 393 g/mol. The Bertz CT molecular complexity index is 605. The lowest BCUT2D eigenvalue weighted by Crippen LogP contribution is -2.40. The van der Waals surface area contributed by atoms with E-state index >= 15 is 0 Å². The number of carbonyl (C=O) groups is 2. The maximum absolute atomic E-state index is 12.6. The Kier molecular flexibility index (Phi) is 8.58. The Hall–Kier alpha value is -1.59. The molecular formula is C21H32ClN3O2. The molecule has 150 valence electrons. The van der Waals surface area contributed by atoms with Crippen molar-refractivity contribution in [3.8, 4) is 0 Å². The van der Waals surface area contributed by atoms with Crippen molar-refractivity contribution in [2.45, 2.75) is 44.4 Å². The van der Waals surface area contributed by atoms with Gasteiger partial charge in [0.15, 0.2) is 0 Å². The number of nitrogens with zero attached hydrogens (tertiary/aromatic N) is 1. The van der Waals surface area contributed by atoms with Gasteiger partial charge in [-0.2, -0.15) is 0 Å². The molecule has 27 heavy (non-hydrogen) atoms. The van der Waals surface area contributed by atoms with Crippen LogP contribution in [0.4, 0.5) is 0 Å². The zero-order chi connectivity index (χ0) is 18.4. The van der Waals surface area contributed by atoms with Crippen LogP contribution < -0.4 is 11.1 Å². The van der Waals surface area contributed by atoms with Crippen LogP contribution in [0, 0.1) is 11.8 Å². The molecule has 6 heteroatoms. The molecule has 2 aliphatic rings. The van der Waals surface area contributed by atoms with Crippen molar-refractivity contribution in [2.75, 3.05) is 26.2 Å². The van der Waals surface area contributed by atoms with Gasteiger partial charge in [-0.25, -0.2) is 0 Å². The molecule has 1 heterocycles. The topological polar surface area (TPSA) is 75.4 Å². The fourth-order valence-corrected chi connectivity index (χ4v) is 4.40. The third-order valence-corrected chi connectivity index (χ3v) is 5.96. The second kappa shape index (κ2) is 10.7. The Morgan fingerprint density at radius 3 is 2.44 bits per heavy atom. The van der Waals surface area contributed by atoms with E-state index in [0.29, 0.717) is 32.0 Å². The standard InChI is InChI=1S/C21H31N3O2.ClH/c22-12-18-14-24(15-19(18)17-9-5-2-6-10-17)21(26)13-23-20(25)11-16-7-3-1-4-8-16;/h2,5-6,9-10,16,18-19H,1,3-4,7-8,11-15,22H2,(H,23,25);1H/t18-,19+;/m1./s1. The molecule has 2 fully saturated rings. The van der Waals surface area contributed by atoms with Gasteiger partial charge in [0.05, 0.1) is 6.54 Å². The van der Waals surface area contributed by atoms with Crippen LogP contribution in [0.3, 0.4) is 0 Å². The van der Waals surface area contributed by atoms with Crippen LogP contribution in [0.25, 0.3) is 0 Å². The molecule has 3 N–H and O–H groups in total. The number of rotatable bonds is 6. The van der Waals surface area contributed by atoms with Crippen LogP contribution in [0.2, 0.25) is 0 Å². The van der Waals surface area contributed by atoms with Crippen molar-refractivity contribution in [3.05, 3.63) is 35.9 Å². The molecule has 0 radical (unpaired) electrons. The number of benzene rings is 1. The van der Waals surface area contributed by atoms with E-state index in [1.807, 2.05) is 23.1 Å². The lowest BCUT2D eigenvalue weighted by molar-refractivity contribution is -0.132. The number of hydrogen-bond donors (Lipinski definition) is 2. The predicted octanol–water partition coefficient (Wildman–Crippen LogP) is 2.70. The summed E-state index contributed by atoms with van der Waals surface area (Å²) in [6, 6.07) is 10.3. The maximum Gasteiger partial charge on any atom is 0.241 e. The molecule has 1 aliphatic carbocycles. The molecule has 2 amide bonds. The van der Waals surface area contributed by atoms with Gasteiger partial charge in [0.25, 0.3) is 0 Å². The van der Waals surface area contributed by atoms with Crippen molar-refractivity contribution < 1.29 is 9.59 Å². The summed E-state index contributed by atoms with van der Waals surface area (Å²) in [5, 5.41) is 2.83. The van der Waals surface area contributed by atoms with E-state index in [2.05, 4.69) is 17.4 Å². The van der Waals surface area contributed by atoms with Gasteiger partial charge in [0.2, 0.25) is 11.8 Å². The smallest absolute Gasteiger partial charge is 0.241 e. The first kappa shape index (κ1) is 21.7. The van der Waals surface area contributed by atoms with Gasteiger partial charge < -0.3 is 16.0 Å². The van der Waals surface area contributed by atoms with E-state index in [1.165, 1.54) is 24.8 Å². The van der Waals surface area contributed by atoms with E-state index in [9.17, 15) is 9.59 Å². The van der Waals surface area contributed by atoms with E-state index < -0.39 is 0 Å². The molecule has 3 rings (SSSR count). The number of nitrogens with two attached hydrogens (primary N) is 1. The molecule has 0 spiro atoms. The summed E-state index contributed by atoms with van der Waals surface area (Å²) in [5.74, 6) is 1.07. The minimum absolute atomic E-state index is 0. The third kappa shape index (κ3) is 5.94. The van der Waals surface area contributed by atoms with Crippen LogP contribution >= 0.6 is 12.4 Å². The molecular weight excluding hydrogens is 362 g/mol. The quantitative estimate of drug-likeness (QED) is 0.780. The minimum Gasteiger partial charge on any atom is -0.347 e. The highest BCUT2D eigenvalue weighted by molar-refractivity contribution is 5.85. The third-order valence-electron chi connectivity index (χ3n) is 5.96. The van der Waals surface area contributed by atoms with Gasteiger partial charge in [0, 0.05) is 25.4 Å². The molecule has 5 nitrogen and oxygen atoms in total. The zero-order valence-electron chi connectivity index (χ0n) is 15.9. The summed E-state index contributed by atoms with van der Waals surface area (Å²) in [4.78, 5) is 26.5. The average Bonchev–Trinajstić information content (AvgIpc) is 3.12. The zero-order valence-corrected chi connectivity index (χ0v) is 16.8. The lowest BCUT2D eigenvalue weighted by Gasteiger charge is -2.21. The largest absolute Gasteiger partial charge is 0.347 e. The van der Waals surface area contributed by atoms with Crippen molar-refractivity contribution >= 4 is 24.2 Å². The lowest BCUT2D eigenvalue weighted by atomic mass is 9.87. The second-order valence-corrected chi connectivity index (χ2v) is 7.80. The van der Waals surface area contributed by atoms with Crippen molar-refractivity contribution in [3.63, 3.8) is 0 Å². The van der Waals surface area contributed by atoms with Crippen LogP contribution in [-0.2, 0) is 9.59 Å². The van der Waals surface area contributed by atoms with Crippen LogP contribution in [0.1, 0.15) is 50.0 Å². The first-order valence-corrected chi connectivity index (χ1v) is 9.97. The number of nitrogens with one attached hydrogen (secondary N) is 1. The summed E-state index contributed by atoms with van der Waals surface area (Å²) in [7, 11) is 0. The van der Waals surface area contributed by atoms with Crippen molar-refractivity contribution in [2.24, 2.45) is 17.6 Å². The SMILES string of the molecule is Cl.NC[C@@H]1CN(C(=O)CNC(=O)CC2CCCCC2)C[C@H]1c1ccccc1. The second-order valence-electron chi connectivity index (χ2n) is 7.80. The summed E-state index contributed by atoms with van der Waals surface area (Å²) in [6.07, 6.45) is 6.59. The van der Waals surface area contributed by atoms with E-state index in [0.717, 1.165) is 12.8 Å². The van der Waals surface area contributed by atoms with Gasteiger partial charge >= 0.3 is 0 Å². The molecule has 0 bridgehead atoms. The number of amides is 2. The molecule has 1 aromatic carbocycles. The fourth-order valence-electron chi connectivity index (χ4n) is 4.40. The van der Waals surface area contributed by atoms with Crippen LogP contribution in [0.15, 0.2) is 30.3 Å². The van der Waals surface area contributed by atoms with Gasteiger partial charge in [0.1, 0.15) is 0 Å². The number of likely N-dealkylation sites (tertiary alicyclic amines) is 1. The summed E-state index contributed by atoms with van der Waals surface area (Å²) < 4.78 is 0. The average molecular weight is 394 g/mol. The van der Waals surface area contributed by atoms with Crippen molar-refractivity contribution in [1.29, 1.82) is 0 Å². The molecule has 0 aromatic heterocycles. The Labute approximate surface area is 168 Å². The highest BCUT2D eigenvalue weighted by Gasteiger charge is 2.35. The Morgan fingerprint density at radius 1 is 1.07 bits per heavy atom. The van der Waals surface area contributed by atoms with Gasteiger partial charge in [-0.1, -0.05) is 49.6 Å². The van der Waals surface area contributed by atoms with Crippen LogP contribution in [0.5, 0.6) is 0 Å². The summed E-state index contributed by atoms with van der Waals surface area (Å²) >= 11 is 0. The van der Waals surface area contributed by atoms with Crippen molar-refractivity contribution in [1.82, 2.24) is 10.2 Å². The molecule has 0 unspecified atom stereocenters. The molecule has 1 aliphatic heterocycles. The highest BCUT2D eigenvalue weighted by Crippen LogP contribution is 2.32.